The number of rotatable bonds is 18. The first kappa shape index (κ1) is 31.6. The van der Waals surface area contributed by atoms with Gasteiger partial charge in [-0.05, 0) is 56.6 Å². The van der Waals surface area contributed by atoms with Gasteiger partial charge in [0.25, 0.3) is 0 Å². The van der Waals surface area contributed by atoms with Crippen molar-refractivity contribution < 1.29 is 34.2 Å². The number of carboxylic acids is 2. The Morgan fingerprint density at radius 2 is 1.41 bits per heavy atom. The number of aliphatic carboxylic acids is 2. The molecule has 0 aromatic rings. The maximum atomic E-state index is 13.0. The number of carbonyl (C=O) groups excluding carboxylic acids is 3. The monoisotopic (exact) mass is 505 g/mol. The zero-order chi connectivity index (χ0) is 26.3. The topological polar surface area (TPSA) is 214 Å². The van der Waals surface area contributed by atoms with Crippen molar-refractivity contribution in [3.05, 3.63) is 0 Å². The van der Waals surface area contributed by atoms with Crippen LogP contribution in [0, 0.1) is 5.92 Å². The van der Waals surface area contributed by atoms with Crippen LogP contribution in [0.5, 0.6) is 0 Å². The second-order valence-electron chi connectivity index (χ2n) is 8.30. The Balaban J connectivity index is 5.43. The van der Waals surface area contributed by atoms with E-state index in [-0.39, 0.29) is 31.6 Å². The van der Waals surface area contributed by atoms with Crippen LogP contribution in [-0.4, -0.2) is 82.6 Å². The number of carboxylic acid groups (broad SMARTS) is 2. The molecule has 0 saturated heterocycles. The molecule has 196 valence electrons. The van der Waals surface area contributed by atoms with E-state index in [1.807, 2.05) is 6.26 Å². The molecule has 0 bridgehead atoms. The number of hydrogen-bond donors (Lipinski definition) is 7. The Hall–Kier alpha value is -2.38. The SMILES string of the molecule is CSCCC(NC(=O)C(N)CCC(=O)O)C(=O)NC(CCCCN)C(=O)NC(C(=O)O)C(C)C. The lowest BCUT2D eigenvalue weighted by molar-refractivity contribution is -0.143. The molecule has 12 nitrogen and oxygen atoms in total. The van der Waals surface area contributed by atoms with Gasteiger partial charge in [0.15, 0.2) is 0 Å². The molecule has 0 rings (SSSR count). The summed E-state index contributed by atoms with van der Waals surface area (Å²) >= 11 is 1.46. The summed E-state index contributed by atoms with van der Waals surface area (Å²) in [6, 6.07) is -4.25. The minimum Gasteiger partial charge on any atom is -0.481 e. The third-order valence-corrected chi connectivity index (χ3v) is 5.70. The summed E-state index contributed by atoms with van der Waals surface area (Å²) in [5.41, 5.74) is 11.3. The van der Waals surface area contributed by atoms with Crippen molar-refractivity contribution in [3.8, 4) is 0 Å². The molecule has 34 heavy (non-hydrogen) atoms. The van der Waals surface area contributed by atoms with Crippen molar-refractivity contribution in [2.75, 3.05) is 18.6 Å². The lowest BCUT2D eigenvalue weighted by atomic mass is 10.0. The summed E-state index contributed by atoms with van der Waals surface area (Å²) in [5, 5.41) is 25.8. The van der Waals surface area contributed by atoms with E-state index in [2.05, 4.69) is 16.0 Å². The first-order valence-corrected chi connectivity index (χ1v) is 12.6. The zero-order valence-electron chi connectivity index (χ0n) is 20.0. The summed E-state index contributed by atoms with van der Waals surface area (Å²) in [4.78, 5) is 60.4. The van der Waals surface area contributed by atoms with Crippen molar-refractivity contribution in [1.82, 2.24) is 16.0 Å². The number of amides is 3. The van der Waals surface area contributed by atoms with Gasteiger partial charge < -0.3 is 37.6 Å². The van der Waals surface area contributed by atoms with Gasteiger partial charge in [-0.25, -0.2) is 4.79 Å². The summed E-state index contributed by atoms with van der Waals surface area (Å²) < 4.78 is 0. The summed E-state index contributed by atoms with van der Waals surface area (Å²) in [6.45, 7) is 3.71. The molecule has 0 saturated carbocycles. The molecule has 0 aliphatic rings. The van der Waals surface area contributed by atoms with Crippen LogP contribution in [0.1, 0.15) is 52.4 Å². The highest BCUT2D eigenvalue weighted by Gasteiger charge is 2.31. The number of thioether (sulfide) groups is 1. The minimum absolute atomic E-state index is 0.0894. The maximum Gasteiger partial charge on any atom is 0.326 e. The molecule has 0 fully saturated rings. The molecule has 0 aromatic carbocycles. The molecule has 3 amide bonds. The van der Waals surface area contributed by atoms with Crippen molar-refractivity contribution in [2.45, 2.75) is 76.5 Å². The Morgan fingerprint density at radius 1 is 0.853 bits per heavy atom. The quantitative estimate of drug-likeness (QED) is 0.116. The number of nitrogens with two attached hydrogens (primary N) is 2. The maximum absolute atomic E-state index is 13.0. The molecule has 0 heterocycles. The largest absolute Gasteiger partial charge is 0.481 e. The Labute approximate surface area is 204 Å². The highest BCUT2D eigenvalue weighted by Crippen LogP contribution is 2.08. The van der Waals surface area contributed by atoms with Gasteiger partial charge in [0.2, 0.25) is 17.7 Å². The summed E-state index contributed by atoms with van der Waals surface area (Å²) in [7, 11) is 0. The average Bonchev–Trinajstić information content (AvgIpc) is 2.76. The molecule has 0 aliphatic carbocycles. The van der Waals surface area contributed by atoms with Crippen molar-refractivity contribution in [2.24, 2.45) is 17.4 Å². The Morgan fingerprint density at radius 3 is 1.91 bits per heavy atom. The van der Waals surface area contributed by atoms with Gasteiger partial charge in [0, 0.05) is 6.42 Å². The van der Waals surface area contributed by atoms with Crippen LogP contribution in [0.25, 0.3) is 0 Å². The van der Waals surface area contributed by atoms with Crippen LogP contribution in [0.2, 0.25) is 0 Å². The van der Waals surface area contributed by atoms with E-state index in [1.54, 1.807) is 13.8 Å². The number of unbranched alkanes of at least 4 members (excludes halogenated alkanes) is 1. The van der Waals surface area contributed by atoms with Crippen molar-refractivity contribution in [1.29, 1.82) is 0 Å². The van der Waals surface area contributed by atoms with Gasteiger partial charge in [-0.15, -0.1) is 0 Å². The van der Waals surface area contributed by atoms with Gasteiger partial charge in [-0.1, -0.05) is 13.8 Å². The fraction of sp³-hybridized carbons (Fsp3) is 0.762. The zero-order valence-corrected chi connectivity index (χ0v) is 20.9. The van der Waals surface area contributed by atoms with Gasteiger partial charge in [0.05, 0.1) is 6.04 Å². The third kappa shape index (κ3) is 12.8. The van der Waals surface area contributed by atoms with Gasteiger partial charge in [-0.3, -0.25) is 19.2 Å². The number of nitrogens with one attached hydrogen (secondary N) is 3. The van der Waals surface area contributed by atoms with E-state index in [1.165, 1.54) is 11.8 Å². The van der Waals surface area contributed by atoms with Gasteiger partial charge >= 0.3 is 11.9 Å². The lowest BCUT2D eigenvalue weighted by Gasteiger charge is -2.26. The van der Waals surface area contributed by atoms with Gasteiger partial charge in [-0.2, -0.15) is 11.8 Å². The van der Waals surface area contributed by atoms with E-state index < -0.39 is 53.8 Å². The van der Waals surface area contributed by atoms with Crippen LogP contribution in [0.15, 0.2) is 0 Å². The predicted molar refractivity (Wildman–Crippen MR) is 129 cm³/mol. The van der Waals surface area contributed by atoms with Crippen molar-refractivity contribution >= 4 is 41.4 Å². The standard InChI is InChI=1S/C21H39N5O7S/c1-12(2)17(21(32)33)26-20(31)14(6-4-5-10-22)25-19(30)15(9-11-34-3)24-18(29)13(23)7-8-16(27)28/h12-15,17H,4-11,22-23H2,1-3H3,(H,24,29)(H,25,30)(H,26,31)(H,27,28)(H,32,33). The highest BCUT2D eigenvalue weighted by atomic mass is 32.2. The predicted octanol–water partition coefficient (Wildman–Crippen LogP) is -0.744. The van der Waals surface area contributed by atoms with E-state index in [0.29, 0.717) is 25.1 Å². The molecule has 4 unspecified atom stereocenters. The fourth-order valence-electron chi connectivity index (χ4n) is 2.99. The van der Waals surface area contributed by atoms with E-state index in [4.69, 9.17) is 16.6 Å². The second-order valence-corrected chi connectivity index (χ2v) is 9.28. The summed E-state index contributed by atoms with van der Waals surface area (Å²) in [5.74, 6) is -4.04. The molecular weight excluding hydrogens is 466 g/mol. The molecule has 0 aromatic heterocycles. The van der Waals surface area contributed by atoms with Gasteiger partial charge in [0.1, 0.15) is 18.1 Å². The Bertz CT molecular complexity index is 692. The van der Waals surface area contributed by atoms with Crippen LogP contribution < -0.4 is 27.4 Å². The average molecular weight is 506 g/mol. The second kappa shape index (κ2) is 17.1. The molecule has 13 heteroatoms. The minimum atomic E-state index is -1.18. The number of hydrogen-bond acceptors (Lipinski definition) is 8. The Kier molecular flexibility index (Phi) is 15.9. The first-order chi connectivity index (χ1) is 15.9. The molecule has 0 radical (unpaired) electrons. The van der Waals surface area contributed by atoms with Crippen LogP contribution in [0.4, 0.5) is 0 Å². The smallest absolute Gasteiger partial charge is 0.326 e. The number of carbonyl (C=O) groups is 5. The van der Waals surface area contributed by atoms with Crippen LogP contribution in [-0.2, 0) is 24.0 Å². The molecule has 0 spiro atoms. The van der Waals surface area contributed by atoms with Crippen molar-refractivity contribution in [3.63, 3.8) is 0 Å². The van der Waals surface area contributed by atoms with E-state index >= 15 is 0 Å². The highest BCUT2D eigenvalue weighted by molar-refractivity contribution is 7.98. The lowest BCUT2D eigenvalue weighted by Crippen LogP contribution is -2.57. The molecule has 4 atom stereocenters. The van der Waals surface area contributed by atoms with Crippen LogP contribution >= 0.6 is 11.8 Å². The third-order valence-electron chi connectivity index (χ3n) is 5.06. The molecular formula is C21H39N5O7S. The summed E-state index contributed by atoms with van der Waals surface area (Å²) in [6.07, 6.45) is 3.07. The van der Waals surface area contributed by atoms with E-state index in [0.717, 1.165) is 0 Å². The normalized spacial score (nSPS) is 14.5. The van der Waals surface area contributed by atoms with E-state index in [9.17, 15) is 29.1 Å². The molecule has 0 aliphatic heterocycles. The van der Waals surface area contributed by atoms with Crippen LogP contribution in [0.3, 0.4) is 0 Å². The first-order valence-electron chi connectivity index (χ1n) is 11.2. The molecule has 9 N–H and O–H groups in total. The fourth-order valence-corrected chi connectivity index (χ4v) is 3.47.